The summed E-state index contributed by atoms with van der Waals surface area (Å²) in [6, 6.07) is 15.1. The number of nitrogens with two attached hydrogens (primary N) is 1. The normalized spacial score (nSPS) is 11.8. The molecule has 0 aliphatic carbocycles. The molecule has 7 nitrogen and oxygen atoms in total. The highest BCUT2D eigenvalue weighted by Crippen LogP contribution is 2.35. The molecule has 1 unspecified atom stereocenters. The second-order valence-electron chi connectivity index (χ2n) is 7.68. The Kier molecular flexibility index (Phi) is 7.07. The maximum atomic E-state index is 14.6. The molecular formula is C26H22F2N2O5. The maximum absolute atomic E-state index is 14.6. The van der Waals surface area contributed by atoms with Gasteiger partial charge in [0.2, 0.25) is 0 Å². The van der Waals surface area contributed by atoms with Crippen molar-refractivity contribution in [3.63, 3.8) is 0 Å². The Labute approximate surface area is 199 Å². The molecule has 2 aromatic carbocycles. The number of pyridine rings is 1. The van der Waals surface area contributed by atoms with Crippen molar-refractivity contribution in [2.24, 2.45) is 5.73 Å². The van der Waals surface area contributed by atoms with E-state index in [9.17, 15) is 18.7 Å². The number of aromatic nitrogens is 1. The molecule has 4 aromatic rings. The predicted molar refractivity (Wildman–Crippen MR) is 124 cm³/mol. The molecule has 0 spiro atoms. The van der Waals surface area contributed by atoms with Crippen molar-refractivity contribution < 1.29 is 32.6 Å². The first-order valence-corrected chi connectivity index (χ1v) is 10.8. The first-order valence-electron chi connectivity index (χ1n) is 10.8. The molecule has 0 radical (unpaired) electrons. The van der Waals surface area contributed by atoms with Gasteiger partial charge in [0.25, 0.3) is 11.8 Å². The number of aliphatic carboxylic acids is 1. The van der Waals surface area contributed by atoms with Gasteiger partial charge in [-0.2, -0.15) is 4.98 Å². The van der Waals surface area contributed by atoms with Gasteiger partial charge in [0.1, 0.15) is 5.75 Å². The van der Waals surface area contributed by atoms with Crippen LogP contribution < -0.4 is 15.2 Å². The summed E-state index contributed by atoms with van der Waals surface area (Å²) in [7, 11) is 0. The number of rotatable bonds is 9. The van der Waals surface area contributed by atoms with Crippen molar-refractivity contribution in [1.29, 1.82) is 0 Å². The largest absolute Gasteiger partial charge is 0.479 e. The van der Waals surface area contributed by atoms with Crippen LogP contribution in [0.1, 0.15) is 18.9 Å². The van der Waals surface area contributed by atoms with Crippen molar-refractivity contribution in [3.8, 4) is 39.8 Å². The van der Waals surface area contributed by atoms with Crippen LogP contribution in [0, 0.1) is 11.6 Å². The van der Waals surface area contributed by atoms with Crippen LogP contribution in [0.15, 0.2) is 71.5 Å². The fourth-order valence-electron chi connectivity index (χ4n) is 3.44. The van der Waals surface area contributed by atoms with Crippen LogP contribution in [0.2, 0.25) is 0 Å². The van der Waals surface area contributed by atoms with Gasteiger partial charge in [0.05, 0.1) is 12.5 Å². The van der Waals surface area contributed by atoms with E-state index in [1.807, 2.05) is 30.3 Å². The number of benzene rings is 2. The molecule has 0 saturated heterocycles. The number of halogens is 2. The average Bonchev–Trinajstić information content (AvgIpc) is 3.40. The van der Waals surface area contributed by atoms with Crippen LogP contribution in [-0.4, -0.2) is 22.2 Å². The average molecular weight is 480 g/mol. The minimum absolute atomic E-state index is 0.0575. The fraction of sp³-hybridized carbons (Fsp3) is 0.154. The Morgan fingerprint density at radius 3 is 2.43 bits per heavy atom. The molecule has 0 fully saturated rings. The molecule has 3 N–H and O–H groups in total. The predicted octanol–water partition coefficient (Wildman–Crippen LogP) is 5.78. The van der Waals surface area contributed by atoms with Crippen LogP contribution in [-0.2, 0) is 11.3 Å². The summed E-state index contributed by atoms with van der Waals surface area (Å²) in [5.74, 6) is -4.52. The molecule has 2 aromatic heterocycles. The molecule has 1 atom stereocenters. The van der Waals surface area contributed by atoms with E-state index in [1.54, 1.807) is 31.4 Å². The molecular weight excluding hydrogens is 458 g/mol. The van der Waals surface area contributed by atoms with E-state index in [1.165, 1.54) is 6.26 Å². The molecule has 9 heteroatoms. The number of carbonyl (C=O) groups is 1. The summed E-state index contributed by atoms with van der Waals surface area (Å²) in [4.78, 5) is 15.0. The van der Waals surface area contributed by atoms with Crippen LogP contribution >= 0.6 is 0 Å². The third-order valence-corrected chi connectivity index (χ3v) is 5.24. The monoisotopic (exact) mass is 480 g/mol. The topological polar surface area (TPSA) is 108 Å². The Hall–Kier alpha value is -4.24. The number of ether oxygens (including phenoxy) is 2. The first kappa shape index (κ1) is 23.9. The highest BCUT2D eigenvalue weighted by molar-refractivity contribution is 5.75. The van der Waals surface area contributed by atoms with Crippen LogP contribution in [0.4, 0.5) is 8.78 Å². The maximum Gasteiger partial charge on any atom is 0.344 e. The van der Waals surface area contributed by atoms with Crippen molar-refractivity contribution in [2.75, 3.05) is 0 Å². The molecule has 0 saturated carbocycles. The van der Waals surface area contributed by atoms with Gasteiger partial charge in [-0.15, -0.1) is 0 Å². The van der Waals surface area contributed by atoms with Gasteiger partial charge in [-0.05, 0) is 59.0 Å². The summed E-state index contributed by atoms with van der Waals surface area (Å²) in [6.45, 7) is 1.92. The standard InChI is InChI=1S/C26H22F2N2O5/c1-2-23(26(31)32)35-25-22(28)12-21(27)24(30-25)34-20-10-18(16-5-3-4-15(8-16)13-29)9-19(11-20)17-6-7-33-14-17/h3-12,14,23H,2,13,29H2,1H3,(H,31,32). The smallest absolute Gasteiger partial charge is 0.344 e. The van der Waals surface area contributed by atoms with Gasteiger partial charge in [0.15, 0.2) is 17.7 Å². The van der Waals surface area contributed by atoms with Crippen molar-refractivity contribution >= 4 is 5.97 Å². The van der Waals surface area contributed by atoms with E-state index in [4.69, 9.17) is 19.6 Å². The van der Waals surface area contributed by atoms with E-state index >= 15 is 0 Å². The summed E-state index contributed by atoms with van der Waals surface area (Å²) in [5.41, 5.74) is 9.79. The highest BCUT2D eigenvalue weighted by atomic mass is 19.1. The zero-order valence-electron chi connectivity index (χ0n) is 18.7. The third kappa shape index (κ3) is 5.47. The van der Waals surface area contributed by atoms with Gasteiger partial charge in [0, 0.05) is 18.2 Å². The van der Waals surface area contributed by atoms with E-state index < -0.39 is 35.5 Å². The molecule has 0 bridgehead atoms. The molecule has 0 aliphatic heterocycles. The minimum Gasteiger partial charge on any atom is -0.479 e. The van der Waals surface area contributed by atoms with E-state index in [2.05, 4.69) is 4.98 Å². The summed E-state index contributed by atoms with van der Waals surface area (Å²) >= 11 is 0. The molecule has 0 amide bonds. The lowest BCUT2D eigenvalue weighted by atomic mass is 9.98. The van der Waals surface area contributed by atoms with Crippen molar-refractivity contribution in [1.82, 2.24) is 4.98 Å². The number of carboxylic acid groups (broad SMARTS) is 1. The van der Waals surface area contributed by atoms with Crippen molar-refractivity contribution in [3.05, 3.63) is 84.3 Å². The third-order valence-electron chi connectivity index (χ3n) is 5.24. The highest BCUT2D eigenvalue weighted by Gasteiger charge is 2.22. The van der Waals surface area contributed by atoms with Crippen LogP contribution in [0.3, 0.4) is 0 Å². The molecule has 2 heterocycles. The number of hydrogen-bond acceptors (Lipinski definition) is 6. The first-order chi connectivity index (χ1) is 16.9. The van der Waals surface area contributed by atoms with E-state index in [0.717, 1.165) is 27.8 Å². The van der Waals surface area contributed by atoms with Crippen LogP contribution in [0.25, 0.3) is 22.3 Å². The van der Waals surface area contributed by atoms with Gasteiger partial charge in [-0.1, -0.05) is 25.1 Å². The van der Waals surface area contributed by atoms with Crippen LogP contribution in [0.5, 0.6) is 17.5 Å². The van der Waals surface area contributed by atoms with Gasteiger partial charge < -0.3 is 24.7 Å². The Morgan fingerprint density at radius 2 is 1.77 bits per heavy atom. The lowest BCUT2D eigenvalue weighted by molar-refractivity contribution is -0.145. The molecule has 0 aliphatic rings. The zero-order chi connectivity index (χ0) is 24.9. The second-order valence-corrected chi connectivity index (χ2v) is 7.68. The zero-order valence-corrected chi connectivity index (χ0v) is 18.7. The Balaban J connectivity index is 1.75. The molecule has 4 rings (SSSR count). The van der Waals surface area contributed by atoms with Crippen molar-refractivity contribution in [2.45, 2.75) is 26.0 Å². The number of carboxylic acids is 1. The van der Waals surface area contributed by atoms with E-state index in [0.29, 0.717) is 12.6 Å². The molecule has 35 heavy (non-hydrogen) atoms. The SMILES string of the molecule is CCC(Oc1nc(Oc2cc(-c3ccoc3)cc(-c3cccc(CN)c3)c2)c(F)cc1F)C(=O)O. The Morgan fingerprint density at radius 1 is 1.03 bits per heavy atom. The fourth-order valence-corrected chi connectivity index (χ4v) is 3.44. The van der Waals surface area contributed by atoms with E-state index in [-0.39, 0.29) is 12.2 Å². The minimum atomic E-state index is -1.35. The summed E-state index contributed by atoms with van der Waals surface area (Å²) in [5, 5.41) is 9.19. The lowest BCUT2D eigenvalue weighted by Crippen LogP contribution is -2.26. The lowest BCUT2D eigenvalue weighted by Gasteiger charge is -2.15. The van der Waals surface area contributed by atoms with Gasteiger partial charge in [-0.3, -0.25) is 0 Å². The summed E-state index contributed by atoms with van der Waals surface area (Å²) in [6.07, 6.45) is 1.79. The summed E-state index contributed by atoms with van der Waals surface area (Å²) < 4.78 is 44.8. The number of furan rings is 1. The van der Waals surface area contributed by atoms with Gasteiger partial charge >= 0.3 is 5.97 Å². The second kappa shape index (κ2) is 10.4. The number of nitrogens with zero attached hydrogens (tertiary/aromatic N) is 1. The van der Waals surface area contributed by atoms with Gasteiger partial charge in [-0.25, -0.2) is 13.6 Å². The number of hydrogen-bond donors (Lipinski definition) is 2. The molecule has 180 valence electrons. The quantitative estimate of drug-likeness (QED) is 0.313. The Bertz CT molecular complexity index is 1340.